The molecule has 0 fully saturated rings. The Morgan fingerprint density at radius 1 is 1.21 bits per heavy atom. The van der Waals surface area contributed by atoms with Crippen LogP contribution in [0.1, 0.15) is 24.2 Å². The van der Waals surface area contributed by atoms with Gasteiger partial charge in [0, 0.05) is 30.8 Å². The van der Waals surface area contributed by atoms with Gasteiger partial charge in [-0.25, -0.2) is 0 Å². The van der Waals surface area contributed by atoms with E-state index in [1.54, 1.807) is 24.3 Å². The van der Waals surface area contributed by atoms with E-state index >= 15 is 0 Å². The van der Waals surface area contributed by atoms with E-state index in [4.69, 9.17) is 0 Å². The van der Waals surface area contributed by atoms with E-state index in [0.29, 0.717) is 17.8 Å². The number of likely N-dealkylation sites (N-methyl/N-ethyl adjacent to an activating group) is 1. The van der Waals surface area contributed by atoms with Gasteiger partial charge in [-0.2, -0.15) is 0 Å². The Balaban J connectivity index is 0.00000324. The molecular weight excluding hydrogens is 266 g/mol. The Kier molecular flexibility index (Phi) is 7.79. The van der Waals surface area contributed by atoms with Crippen LogP contribution in [-0.4, -0.2) is 31.4 Å². The van der Waals surface area contributed by atoms with Crippen molar-refractivity contribution in [1.82, 2.24) is 10.6 Å². The van der Waals surface area contributed by atoms with Crippen LogP contribution in [0.5, 0.6) is 0 Å². The van der Waals surface area contributed by atoms with Gasteiger partial charge < -0.3 is 16.0 Å². The van der Waals surface area contributed by atoms with Crippen molar-refractivity contribution in [1.29, 1.82) is 0 Å². The van der Waals surface area contributed by atoms with Crippen LogP contribution in [0.15, 0.2) is 24.3 Å². The molecule has 5 nitrogen and oxygen atoms in total. The summed E-state index contributed by atoms with van der Waals surface area (Å²) in [4.78, 5) is 22.6. The first-order chi connectivity index (χ1) is 8.52. The molecule has 0 aliphatic carbocycles. The maximum absolute atomic E-state index is 11.8. The zero-order valence-corrected chi connectivity index (χ0v) is 12.1. The Morgan fingerprint density at radius 3 is 2.26 bits per heavy atom. The minimum atomic E-state index is -0.130. The van der Waals surface area contributed by atoms with Gasteiger partial charge in [-0.3, -0.25) is 9.59 Å². The Morgan fingerprint density at radius 2 is 1.79 bits per heavy atom. The zero-order chi connectivity index (χ0) is 13.5. The minimum absolute atomic E-state index is 0. The molecule has 0 aliphatic rings. The Hall–Kier alpha value is -1.59. The van der Waals surface area contributed by atoms with Crippen LogP contribution in [0.25, 0.3) is 0 Å². The van der Waals surface area contributed by atoms with Crippen molar-refractivity contribution in [3.63, 3.8) is 0 Å². The smallest absolute Gasteiger partial charge is 0.251 e. The lowest BCUT2D eigenvalue weighted by Crippen LogP contribution is -2.37. The summed E-state index contributed by atoms with van der Waals surface area (Å²) in [6.07, 6.45) is 0. The summed E-state index contributed by atoms with van der Waals surface area (Å²) in [5.41, 5.74) is 1.26. The standard InChI is InChI=1S/C13H19N3O2.ClH/c1-9(14-3)8-15-13(18)11-4-6-12(7-5-11)16-10(2)17;/h4-7,9,14H,8H2,1-3H3,(H,15,18)(H,16,17);1H. The number of amides is 2. The first-order valence-corrected chi connectivity index (χ1v) is 5.86. The van der Waals surface area contributed by atoms with Gasteiger partial charge in [0.15, 0.2) is 0 Å². The number of carbonyl (C=O) groups excluding carboxylic acids is 2. The highest BCUT2D eigenvalue weighted by atomic mass is 35.5. The molecule has 1 aromatic carbocycles. The number of nitrogens with one attached hydrogen (secondary N) is 3. The van der Waals surface area contributed by atoms with Gasteiger partial charge in [0.25, 0.3) is 5.91 Å². The van der Waals surface area contributed by atoms with E-state index in [1.165, 1.54) is 6.92 Å². The SMILES string of the molecule is CNC(C)CNC(=O)c1ccc(NC(C)=O)cc1.Cl. The fourth-order valence-corrected chi connectivity index (χ4v) is 1.36. The lowest BCUT2D eigenvalue weighted by molar-refractivity contribution is -0.114. The van der Waals surface area contributed by atoms with E-state index in [0.717, 1.165) is 0 Å². The summed E-state index contributed by atoms with van der Waals surface area (Å²) in [7, 11) is 1.85. The van der Waals surface area contributed by atoms with Crippen molar-refractivity contribution in [3.8, 4) is 0 Å². The summed E-state index contributed by atoms with van der Waals surface area (Å²) >= 11 is 0. The van der Waals surface area contributed by atoms with Crippen molar-refractivity contribution in [2.75, 3.05) is 18.9 Å². The number of hydrogen-bond acceptors (Lipinski definition) is 3. The molecule has 0 bridgehead atoms. The van der Waals surface area contributed by atoms with E-state index in [9.17, 15) is 9.59 Å². The van der Waals surface area contributed by atoms with Crippen LogP contribution in [0, 0.1) is 0 Å². The normalized spacial score (nSPS) is 11.1. The second kappa shape index (κ2) is 8.50. The molecule has 1 atom stereocenters. The minimum Gasteiger partial charge on any atom is -0.350 e. The summed E-state index contributed by atoms with van der Waals surface area (Å²) in [5, 5.41) is 8.51. The highest BCUT2D eigenvalue weighted by Gasteiger charge is 2.06. The van der Waals surface area contributed by atoms with Gasteiger partial charge in [-0.15, -0.1) is 12.4 Å². The number of halogens is 1. The summed E-state index contributed by atoms with van der Waals surface area (Å²) in [5.74, 6) is -0.249. The maximum Gasteiger partial charge on any atom is 0.251 e. The van der Waals surface area contributed by atoms with Crippen LogP contribution in [0.3, 0.4) is 0 Å². The fraction of sp³-hybridized carbons (Fsp3) is 0.385. The quantitative estimate of drug-likeness (QED) is 0.766. The first-order valence-electron chi connectivity index (χ1n) is 5.86. The number of carbonyl (C=O) groups is 2. The Bertz CT molecular complexity index is 420. The van der Waals surface area contributed by atoms with Crippen LogP contribution in [0.4, 0.5) is 5.69 Å². The second-order valence-corrected chi connectivity index (χ2v) is 4.16. The molecule has 1 aromatic rings. The number of rotatable bonds is 5. The number of benzene rings is 1. The first kappa shape index (κ1) is 17.4. The Labute approximate surface area is 119 Å². The van der Waals surface area contributed by atoms with Crippen LogP contribution >= 0.6 is 12.4 Å². The maximum atomic E-state index is 11.8. The van der Waals surface area contributed by atoms with Gasteiger partial charge in [0.1, 0.15) is 0 Å². The van der Waals surface area contributed by atoms with Crippen LogP contribution < -0.4 is 16.0 Å². The largest absolute Gasteiger partial charge is 0.350 e. The molecule has 19 heavy (non-hydrogen) atoms. The third-order valence-electron chi connectivity index (χ3n) is 2.53. The van der Waals surface area contributed by atoms with Gasteiger partial charge in [0.05, 0.1) is 0 Å². The number of anilines is 1. The third kappa shape index (κ3) is 6.22. The molecule has 0 saturated heterocycles. The average molecular weight is 286 g/mol. The molecule has 2 amide bonds. The monoisotopic (exact) mass is 285 g/mol. The molecule has 0 aliphatic heterocycles. The van der Waals surface area contributed by atoms with Gasteiger partial charge in [-0.1, -0.05) is 0 Å². The predicted octanol–water partition coefficient (Wildman–Crippen LogP) is 1.40. The van der Waals surface area contributed by atoms with E-state index in [1.807, 2.05) is 14.0 Å². The highest BCUT2D eigenvalue weighted by Crippen LogP contribution is 2.09. The molecule has 6 heteroatoms. The summed E-state index contributed by atoms with van der Waals surface area (Å²) in [6.45, 7) is 4.00. The molecule has 0 radical (unpaired) electrons. The van der Waals surface area contributed by atoms with Crippen molar-refractivity contribution in [2.24, 2.45) is 0 Å². The molecule has 0 spiro atoms. The van der Waals surface area contributed by atoms with Gasteiger partial charge >= 0.3 is 0 Å². The van der Waals surface area contributed by atoms with Crippen LogP contribution in [0.2, 0.25) is 0 Å². The molecule has 106 valence electrons. The van der Waals surface area contributed by atoms with E-state index in [-0.39, 0.29) is 30.3 Å². The molecule has 1 unspecified atom stereocenters. The molecule has 0 saturated carbocycles. The lowest BCUT2D eigenvalue weighted by atomic mass is 10.2. The van der Waals surface area contributed by atoms with Gasteiger partial charge in [0.2, 0.25) is 5.91 Å². The number of hydrogen-bond donors (Lipinski definition) is 3. The third-order valence-corrected chi connectivity index (χ3v) is 2.53. The van der Waals surface area contributed by atoms with Crippen molar-refractivity contribution >= 4 is 29.9 Å². The van der Waals surface area contributed by atoms with Crippen molar-refractivity contribution < 1.29 is 9.59 Å². The molecular formula is C13H20ClN3O2. The average Bonchev–Trinajstić information content (AvgIpc) is 2.35. The molecule has 1 rings (SSSR count). The topological polar surface area (TPSA) is 70.2 Å². The van der Waals surface area contributed by atoms with Crippen LogP contribution in [-0.2, 0) is 4.79 Å². The van der Waals surface area contributed by atoms with Crippen molar-refractivity contribution in [3.05, 3.63) is 29.8 Å². The zero-order valence-electron chi connectivity index (χ0n) is 11.3. The van der Waals surface area contributed by atoms with E-state index in [2.05, 4.69) is 16.0 Å². The molecule has 0 aromatic heterocycles. The van der Waals surface area contributed by atoms with Crippen molar-refractivity contribution in [2.45, 2.75) is 19.9 Å². The van der Waals surface area contributed by atoms with Gasteiger partial charge in [-0.05, 0) is 38.2 Å². The molecule has 3 N–H and O–H groups in total. The summed E-state index contributed by atoms with van der Waals surface area (Å²) in [6, 6.07) is 7.01. The summed E-state index contributed by atoms with van der Waals surface area (Å²) < 4.78 is 0. The highest BCUT2D eigenvalue weighted by molar-refractivity contribution is 5.95. The van der Waals surface area contributed by atoms with E-state index < -0.39 is 0 Å². The fourth-order valence-electron chi connectivity index (χ4n) is 1.36. The lowest BCUT2D eigenvalue weighted by Gasteiger charge is -2.11. The second-order valence-electron chi connectivity index (χ2n) is 4.16. The predicted molar refractivity (Wildman–Crippen MR) is 78.8 cm³/mol. The molecule has 0 heterocycles.